The predicted octanol–water partition coefficient (Wildman–Crippen LogP) is 3.13. The Hall–Kier alpha value is -1.75. The molecule has 0 aliphatic heterocycles. The largest absolute Gasteiger partial charge is 0.429 e. The molecule has 20 heavy (non-hydrogen) atoms. The first-order chi connectivity index (χ1) is 9.42. The second-order valence-corrected chi connectivity index (χ2v) is 5.29. The topological polar surface area (TPSA) is 9.23 Å². The summed E-state index contributed by atoms with van der Waals surface area (Å²) in [7, 11) is 0.982. The van der Waals surface area contributed by atoms with Crippen LogP contribution < -0.4 is 4.74 Å². The third-order valence-corrected chi connectivity index (χ3v) is 3.90. The first-order valence-electron chi connectivity index (χ1n) is 6.35. The maximum absolute atomic E-state index is 14.0. The Morgan fingerprint density at radius 2 is 1.75 bits per heavy atom. The average Bonchev–Trinajstić information content (AvgIpc) is 2.43. The van der Waals surface area contributed by atoms with E-state index < -0.39 is 11.9 Å². The second-order valence-electron chi connectivity index (χ2n) is 4.58. The third kappa shape index (κ3) is 3.22. The van der Waals surface area contributed by atoms with Crippen LogP contribution in [0, 0.1) is 12.7 Å². The van der Waals surface area contributed by atoms with E-state index in [1.807, 2.05) is 0 Å². The Bertz CT molecular complexity index is 597. The van der Waals surface area contributed by atoms with Crippen LogP contribution in [0.5, 0.6) is 5.75 Å². The van der Waals surface area contributed by atoms with Gasteiger partial charge in [-0.25, -0.2) is 4.39 Å². The second kappa shape index (κ2) is 5.71. The van der Waals surface area contributed by atoms with Crippen LogP contribution in [0.25, 0.3) is 0 Å². The molecule has 0 N–H and O–H groups in total. The van der Waals surface area contributed by atoms with Gasteiger partial charge in [-0.3, -0.25) is 0 Å². The molecule has 0 bridgehead atoms. The molecule has 106 valence electrons. The Balaban J connectivity index is 2.22. The molecule has 0 aliphatic carbocycles. The Kier molecular flexibility index (Phi) is 4.18. The summed E-state index contributed by atoms with van der Waals surface area (Å²) in [4.78, 5) is 0. The quantitative estimate of drug-likeness (QED) is 0.788. The van der Waals surface area contributed by atoms with E-state index in [1.54, 1.807) is 19.1 Å². The van der Waals surface area contributed by atoms with E-state index in [-0.39, 0.29) is 11.3 Å². The van der Waals surface area contributed by atoms with Gasteiger partial charge < -0.3 is 4.74 Å². The SMILES string of the molecule is Cc1ccc(OC(F)(F)c2ccc(C[SiH3])cc2)cc1F. The smallest absolute Gasteiger partial charge is 0.426 e. The molecule has 0 spiro atoms. The zero-order valence-corrected chi connectivity index (χ0v) is 13.3. The highest BCUT2D eigenvalue weighted by molar-refractivity contribution is 6.08. The van der Waals surface area contributed by atoms with Crippen molar-refractivity contribution in [2.75, 3.05) is 0 Å². The van der Waals surface area contributed by atoms with E-state index in [1.165, 1.54) is 24.3 Å². The summed E-state index contributed by atoms with van der Waals surface area (Å²) < 4.78 is 45.9. The van der Waals surface area contributed by atoms with Crippen molar-refractivity contribution in [2.45, 2.75) is 19.1 Å². The van der Waals surface area contributed by atoms with Gasteiger partial charge in [0, 0.05) is 16.3 Å². The standard InChI is InChI=1S/C15H15F3OSi/c1-10-2-7-13(8-14(10)16)19-15(17,18)12-5-3-11(9-20)4-6-12/h2-8H,9H2,1,20H3. The Morgan fingerprint density at radius 1 is 1.10 bits per heavy atom. The van der Waals surface area contributed by atoms with Gasteiger partial charge in [-0.2, -0.15) is 8.78 Å². The van der Waals surface area contributed by atoms with Crippen molar-refractivity contribution in [3.8, 4) is 5.75 Å². The summed E-state index contributed by atoms with van der Waals surface area (Å²) in [5.74, 6) is -0.755. The van der Waals surface area contributed by atoms with E-state index in [0.717, 1.165) is 27.9 Å². The zero-order valence-electron chi connectivity index (χ0n) is 11.3. The normalized spacial score (nSPS) is 11.6. The molecule has 0 atom stereocenters. The Labute approximate surface area is 118 Å². The molecule has 2 aromatic rings. The number of alkyl halides is 2. The van der Waals surface area contributed by atoms with E-state index in [4.69, 9.17) is 0 Å². The van der Waals surface area contributed by atoms with Crippen LogP contribution in [-0.4, -0.2) is 10.2 Å². The third-order valence-electron chi connectivity index (χ3n) is 3.09. The van der Waals surface area contributed by atoms with Crippen molar-refractivity contribution in [2.24, 2.45) is 0 Å². The first kappa shape index (κ1) is 14.7. The molecule has 5 heteroatoms. The highest BCUT2D eigenvalue weighted by atomic mass is 28.1. The summed E-state index contributed by atoms with van der Waals surface area (Å²) in [5, 5.41) is 0. The maximum Gasteiger partial charge on any atom is 0.426 e. The highest BCUT2D eigenvalue weighted by Crippen LogP contribution is 2.32. The molecule has 0 aromatic heterocycles. The number of ether oxygens (including phenoxy) is 1. The molecule has 2 rings (SSSR count). The van der Waals surface area contributed by atoms with Crippen LogP contribution in [0.2, 0.25) is 0 Å². The molecule has 0 heterocycles. The number of rotatable bonds is 4. The van der Waals surface area contributed by atoms with Crippen molar-refractivity contribution >= 4 is 10.2 Å². The van der Waals surface area contributed by atoms with Gasteiger partial charge in [0.2, 0.25) is 0 Å². The number of halogens is 3. The lowest BCUT2D eigenvalue weighted by Gasteiger charge is -2.18. The molecule has 1 nitrogen and oxygen atoms in total. The van der Waals surface area contributed by atoms with Crippen LogP contribution in [0.4, 0.5) is 13.2 Å². The minimum atomic E-state index is -3.48. The van der Waals surface area contributed by atoms with Gasteiger partial charge in [0.15, 0.2) is 0 Å². The average molecular weight is 296 g/mol. The van der Waals surface area contributed by atoms with Crippen molar-refractivity contribution in [1.29, 1.82) is 0 Å². The number of aryl methyl sites for hydroxylation is 1. The van der Waals surface area contributed by atoms with Crippen LogP contribution in [0.15, 0.2) is 42.5 Å². The zero-order chi connectivity index (χ0) is 14.8. The summed E-state index contributed by atoms with van der Waals surface area (Å²) in [5.41, 5.74) is 1.17. The van der Waals surface area contributed by atoms with Gasteiger partial charge in [0.1, 0.15) is 11.6 Å². The number of benzene rings is 2. The van der Waals surface area contributed by atoms with E-state index in [2.05, 4.69) is 4.74 Å². The minimum absolute atomic E-state index is 0.190. The van der Waals surface area contributed by atoms with Crippen LogP contribution in [-0.2, 0) is 12.2 Å². The summed E-state index contributed by atoms with van der Waals surface area (Å²) >= 11 is 0. The first-order valence-corrected chi connectivity index (χ1v) is 7.76. The fourth-order valence-electron chi connectivity index (χ4n) is 1.78. The van der Waals surface area contributed by atoms with Gasteiger partial charge in [-0.05, 0) is 36.7 Å². The fraction of sp³-hybridized carbons (Fsp3) is 0.200. The molecule has 2 aromatic carbocycles. The molecule has 0 unspecified atom stereocenters. The molecular weight excluding hydrogens is 281 g/mol. The van der Waals surface area contributed by atoms with E-state index in [9.17, 15) is 13.2 Å². The van der Waals surface area contributed by atoms with Crippen molar-refractivity contribution < 1.29 is 17.9 Å². The monoisotopic (exact) mass is 296 g/mol. The molecule has 0 fully saturated rings. The molecule has 0 saturated heterocycles. The molecule has 0 saturated carbocycles. The molecule has 0 amide bonds. The summed E-state index contributed by atoms with van der Waals surface area (Å²) in [6, 6.07) is 10.6. The van der Waals surface area contributed by atoms with Crippen molar-refractivity contribution in [3.63, 3.8) is 0 Å². The predicted molar refractivity (Wildman–Crippen MR) is 75.7 cm³/mol. The summed E-state index contributed by atoms with van der Waals surface area (Å²) in [6.07, 6.45) is -3.48. The van der Waals surface area contributed by atoms with Gasteiger partial charge in [-0.1, -0.05) is 23.8 Å². The lowest BCUT2D eigenvalue weighted by atomic mass is 10.1. The highest BCUT2D eigenvalue weighted by Gasteiger charge is 2.34. The maximum atomic E-state index is 14.0. The van der Waals surface area contributed by atoms with Gasteiger partial charge >= 0.3 is 6.11 Å². The lowest BCUT2D eigenvalue weighted by molar-refractivity contribution is -0.185. The molecular formula is C15H15F3OSi. The molecule has 0 radical (unpaired) electrons. The molecule has 0 aliphatic rings. The number of hydrogen-bond acceptors (Lipinski definition) is 1. The lowest BCUT2D eigenvalue weighted by Crippen LogP contribution is -2.22. The van der Waals surface area contributed by atoms with E-state index in [0.29, 0.717) is 5.56 Å². The van der Waals surface area contributed by atoms with E-state index >= 15 is 0 Å². The van der Waals surface area contributed by atoms with Gasteiger partial charge in [-0.15, -0.1) is 0 Å². The van der Waals surface area contributed by atoms with Crippen LogP contribution in [0.3, 0.4) is 0 Å². The van der Waals surface area contributed by atoms with Crippen molar-refractivity contribution in [1.82, 2.24) is 0 Å². The van der Waals surface area contributed by atoms with Crippen LogP contribution >= 0.6 is 0 Å². The van der Waals surface area contributed by atoms with Gasteiger partial charge in [0.05, 0.1) is 5.56 Å². The van der Waals surface area contributed by atoms with Crippen LogP contribution in [0.1, 0.15) is 16.7 Å². The van der Waals surface area contributed by atoms with Crippen molar-refractivity contribution in [3.05, 3.63) is 65.0 Å². The Morgan fingerprint density at radius 3 is 2.30 bits per heavy atom. The number of hydrogen-bond donors (Lipinski definition) is 0. The minimum Gasteiger partial charge on any atom is -0.429 e. The fourth-order valence-corrected chi connectivity index (χ4v) is 2.25. The summed E-state index contributed by atoms with van der Waals surface area (Å²) in [6.45, 7) is 1.56. The van der Waals surface area contributed by atoms with Gasteiger partial charge in [0.25, 0.3) is 0 Å².